The van der Waals surface area contributed by atoms with Gasteiger partial charge in [-0.3, -0.25) is 0 Å². The van der Waals surface area contributed by atoms with Crippen LogP contribution in [0.3, 0.4) is 0 Å². The topological polar surface area (TPSA) is 21.3 Å². The van der Waals surface area contributed by atoms with Crippen LogP contribution in [-0.4, -0.2) is 25.8 Å². The Morgan fingerprint density at radius 1 is 1.00 bits per heavy atom. The Morgan fingerprint density at radius 2 is 1.72 bits per heavy atom. The highest BCUT2D eigenvalue weighted by molar-refractivity contribution is 4.79. The molecule has 1 rings (SSSR count). The van der Waals surface area contributed by atoms with E-state index in [0.717, 1.165) is 25.7 Å². The largest absolute Gasteiger partial charge is 0.381 e. The number of unbranched alkanes of at least 4 members (excludes halogenated alkanes) is 6. The molecule has 2 heteroatoms. The predicted octanol–water partition coefficient (Wildman–Crippen LogP) is 4.14. The van der Waals surface area contributed by atoms with Crippen LogP contribution in [0.5, 0.6) is 0 Å². The highest BCUT2D eigenvalue weighted by Gasteiger charge is 2.24. The van der Waals surface area contributed by atoms with Gasteiger partial charge >= 0.3 is 0 Å². The molecule has 1 saturated heterocycles. The summed E-state index contributed by atoms with van der Waals surface area (Å²) >= 11 is 0. The lowest BCUT2D eigenvalue weighted by Gasteiger charge is -2.32. The van der Waals surface area contributed by atoms with E-state index in [0.29, 0.717) is 6.04 Å². The Hall–Kier alpha value is -0.0800. The minimum Gasteiger partial charge on any atom is -0.381 e. The van der Waals surface area contributed by atoms with Crippen molar-refractivity contribution in [2.75, 3.05) is 19.8 Å². The SMILES string of the molecule is CCCCCCCCCC1COCCC1NCC. The molecule has 0 amide bonds. The van der Waals surface area contributed by atoms with Crippen LogP contribution in [0.15, 0.2) is 0 Å². The maximum atomic E-state index is 5.63. The van der Waals surface area contributed by atoms with Gasteiger partial charge in [-0.15, -0.1) is 0 Å². The number of hydrogen-bond donors (Lipinski definition) is 1. The lowest BCUT2D eigenvalue weighted by molar-refractivity contribution is 0.0282. The van der Waals surface area contributed by atoms with E-state index in [-0.39, 0.29) is 0 Å². The average Bonchev–Trinajstić information content (AvgIpc) is 2.40. The van der Waals surface area contributed by atoms with Crippen LogP contribution >= 0.6 is 0 Å². The minimum absolute atomic E-state index is 0.712. The van der Waals surface area contributed by atoms with Crippen LogP contribution in [0.25, 0.3) is 0 Å². The van der Waals surface area contributed by atoms with Gasteiger partial charge < -0.3 is 10.1 Å². The van der Waals surface area contributed by atoms with Crippen LogP contribution in [0, 0.1) is 5.92 Å². The smallest absolute Gasteiger partial charge is 0.0509 e. The van der Waals surface area contributed by atoms with E-state index < -0.39 is 0 Å². The quantitative estimate of drug-likeness (QED) is 0.592. The zero-order valence-corrected chi connectivity index (χ0v) is 12.5. The number of rotatable bonds is 10. The summed E-state index contributed by atoms with van der Waals surface area (Å²) in [5, 5.41) is 3.62. The molecule has 0 aromatic carbocycles. The normalized spacial score (nSPS) is 24.3. The molecule has 108 valence electrons. The molecule has 0 radical (unpaired) electrons. The van der Waals surface area contributed by atoms with Gasteiger partial charge in [-0.1, -0.05) is 58.8 Å². The van der Waals surface area contributed by atoms with E-state index in [1.54, 1.807) is 0 Å². The van der Waals surface area contributed by atoms with E-state index in [4.69, 9.17) is 4.74 Å². The van der Waals surface area contributed by atoms with Gasteiger partial charge in [-0.2, -0.15) is 0 Å². The summed E-state index contributed by atoms with van der Waals surface area (Å²) in [6.07, 6.45) is 12.4. The summed E-state index contributed by atoms with van der Waals surface area (Å²) in [6, 6.07) is 0.712. The second-order valence-electron chi connectivity index (χ2n) is 5.70. The van der Waals surface area contributed by atoms with Gasteiger partial charge in [0.25, 0.3) is 0 Å². The van der Waals surface area contributed by atoms with Crippen LogP contribution in [-0.2, 0) is 4.74 Å². The van der Waals surface area contributed by atoms with Crippen molar-refractivity contribution < 1.29 is 4.74 Å². The van der Waals surface area contributed by atoms with Gasteiger partial charge in [-0.05, 0) is 25.3 Å². The maximum absolute atomic E-state index is 5.63. The van der Waals surface area contributed by atoms with Crippen LogP contribution < -0.4 is 5.32 Å². The van der Waals surface area contributed by atoms with Crippen molar-refractivity contribution in [1.82, 2.24) is 5.32 Å². The Kier molecular flexibility index (Phi) is 9.59. The van der Waals surface area contributed by atoms with Crippen molar-refractivity contribution in [2.24, 2.45) is 5.92 Å². The number of nitrogens with one attached hydrogen (secondary N) is 1. The zero-order valence-electron chi connectivity index (χ0n) is 12.5. The molecular formula is C16H33NO. The summed E-state index contributed by atoms with van der Waals surface area (Å²) < 4.78 is 5.63. The Labute approximate surface area is 114 Å². The summed E-state index contributed by atoms with van der Waals surface area (Å²) in [5.41, 5.74) is 0. The fourth-order valence-electron chi connectivity index (χ4n) is 2.98. The molecule has 0 bridgehead atoms. The first-order chi connectivity index (χ1) is 8.88. The third-order valence-corrected chi connectivity index (χ3v) is 4.12. The highest BCUT2D eigenvalue weighted by Crippen LogP contribution is 2.21. The first-order valence-electron chi connectivity index (χ1n) is 8.19. The Balaban J connectivity index is 2.02. The van der Waals surface area contributed by atoms with Gasteiger partial charge in [0.05, 0.1) is 6.61 Å². The predicted molar refractivity (Wildman–Crippen MR) is 79.0 cm³/mol. The van der Waals surface area contributed by atoms with Crippen molar-refractivity contribution >= 4 is 0 Å². The third-order valence-electron chi connectivity index (χ3n) is 4.12. The Bertz CT molecular complexity index is 182. The molecule has 0 aliphatic carbocycles. The molecule has 1 aliphatic rings. The molecule has 2 nitrogen and oxygen atoms in total. The minimum atomic E-state index is 0.712. The van der Waals surface area contributed by atoms with Crippen molar-refractivity contribution in [3.63, 3.8) is 0 Å². The highest BCUT2D eigenvalue weighted by atomic mass is 16.5. The molecular weight excluding hydrogens is 222 g/mol. The van der Waals surface area contributed by atoms with Gasteiger partial charge in [0.15, 0.2) is 0 Å². The number of ether oxygens (including phenoxy) is 1. The van der Waals surface area contributed by atoms with Gasteiger partial charge in [0.2, 0.25) is 0 Å². The first kappa shape index (κ1) is 16.0. The standard InChI is InChI=1S/C16H33NO/c1-3-5-6-7-8-9-10-11-15-14-18-13-12-16(15)17-4-2/h15-17H,3-14H2,1-2H3. The summed E-state index contributed by atoms with van der Waals surface area (Å²) in [6.45, 7) is 7.51. The van der Waals surface area contributed by atoms with E-state index in [1.165, 1.54) is 57.8 Å². The molecule has 0 aromatic heterocycles. The molecule has 2 unspecified atom stereocenters. The molecule has 0 spiro atoms. The van der Waals surface area contributed by atoms with E-state index in [1.807, 2.05) is 0 Å². The second kappa shape index (κ2) is 10.8. The molecule has 1 heterocycles. The van der Waals surface area contributed by atoms with E-state index in [9.17, 15) is 0 Å². The molecule has 2 atom stereocenters. The first-order valence-corrected chi connectivity index (χ1v) is 8.19. The van der Waals surface area contributed by atoms with Crippen molar-refractivity contribution in [3.8, 4) is 0 Å². The lowest BCUT2D eigenvalue weighted by Crippen LogP contribution is -2.42. The third kappa shape index (κ3) is 6.75. The lowest BCUT2D eigenvalue weighted by atomic mass is 9.90. The van der Waals surface area contributed by atoms with Crippen molar-refractivity contribution in [1.29, 1.82) is 0 Å². The van der Waals surface area contributed by atoms with Gasteiger partial charge in [0.1, 0.15) is 0 Å². The molecule has 0 saturated carbocycles. The fraction of sp³-hybridized carbons (Fsp3) is 1.00. The number of hydrogen-bond acceptors (Lipinski definition) is 2. The fourth-order valence-corrected chi connectivity index (χ4v) is 2.98. The van der Waals surface area contributed by atoms with Gasteiger partial charge in [-0.25, -0.2) is 0 Å². The maximum Gasteiger partial charge on any atom is 0.0509 e. The van der Waals surface area contributed by atoms with Crippen LogP contribution in [0.4, 0.5) is 0 Å². The van der Waals surface area contributed by atoms with Gasteiger partial charge in [0, 0.05) is 12.6 Å². The average molecular weight is 255 g/mol. The van der Waals surface area contributed by atoms with Crippen molar-refractivity contribution in [2.45, 2.75) is 77.7 Å². The zero-order chi connectivity index (χ0) is 13.1. The van der Waals surface area contributed by atoms with Crippen LogP contribution in [0.1, 0.15) is 71.6 Å². The molecule has 1 N–H and O–H groups in total. The molecule has 0 aromatic rings. The van der Waals surface area contributed by atoms with Crippen LogP contribution in [0.2, 0.25) is 0 Å². The summed E-state index contributed by atoms with van der Waals surface area (Å²) in [5.74, 6) is 0.759. The second-order valence-corrected chi connectivity index (χ2v) is 5.70. The summed E-state index contributed by atoms with van der Waals surface area (Å²) in [7, 11) is 0. The molecule has 1 fully saturated rings. The van der Waals surface area contributed by atoms with E-state index in [2.05, 4.69) is 19.2 Å². The van der Waals surface area contributed by atoms with E-state index >= 15 is 0 Å². The molecule has 1 aliphatic heterocycles. The monoisotopic (exact) mass is 255 g/mol. The van der Waals surface area contributed by atoms with Crippen molar-refractivity contribution in [3.05, 3.63) is 0 Å². The summed E-state index contributed by atoms with van der Waals surface area (Å²) in [4.78, 5) is 0. The molecule has 18 heavy (non-hydrogen) atoms. The Morgan fingerprint density at radius 3 is 2.44 bits per heavy atom.